The third-order valence-electron chi connectivity index (χ3n) is 6.75. The molecule has 6 heteroatoms. The fourth-order valence-corrected chi connectivity index (χ4v) is 5.17. The van der Waals surface area contributed by atoms with E-state index in [1.54, 1.807) is 0 Å². The molecule has 4 rings (SSSR count). The minimum Gasteiger partial charge on any atom is -0.377 e. The van der Waals surface area contributed by atoms with Crippen molar-refractivity contribution < 1.29 is 9.53 Å². The van der Waals surface area contributed by atoms with E-state index in [9.17, 15) is 4.79 Å². The molecule has 6 nitrogen and oxygen atoms in total. The number of aliphatic imine (C=N–C) groups is 1. The lowest BCUT2D eigenvalue weighted by Crippen LogP contribution is -2.67. The fourth-order valence-electron chi connectivity index (χ4n) is 5.17. The van der Waals surface area contributed by atoms with Gasteiger partial charge in [0.05, 0.1) is 6.10 Å². The van der Waals surface area contributed by atoms with Gasteiger partial charge in [0.25, 0.3) is 0 Å². The summed E-state index contributed by atoms with van der Waals surface area (Å²) < 4.78 is 5.89. The second-order valence-corrected chi connectivity index (χ2v) is 9.07. The molecule has 2 aliphatic heterocycles. The monoisotopic (exact) mass is 398 g/mol. The van der Waals surface area contributed by atoms with E-state index in [2.05, 4.69) is 43.5 Å². The van der Waals surface area contributed by atoms with E-state index in [0.717, 1.165) is 45.0 Å². The van der Waals surface area contributed by atoms with Gasteiger partial charge in [-0.15, -0.1) is 0 Å². The van der Waals surface area contributed by atoms with Crippen LogP contribution in [0.2, 0.25) is 0 Å². The van der Waals surface area contributed by atoms with Gasteiger partial charge in [0.2, 0.25) is 5.91 Å². The Kier molecular flexibility index (Phi) is 5.81. The Labute approximate surface area is 174 Å². The van der Waals surface area contributed by atoms with Crippen molar-refractivity contribution in [2.24, 2.45) is 16.3 Å². The quantitative estimate of drug-likeness (QED) is 0.439. The van der Waals surface area contributed by atoms with Crippen LogP contribution in [0, 0.1) is 11.3 Å². The molecule has 1 aromatic rings. The summed E-state index contributed by atoms with van der Waals surface area (Å²) in [6, 6.07) is 8.70. The summed E-state index contributed by atoms with van der Waals surface area (Å²) in [7, 11) is 0. The van der Waals surface area contributed by atoms with E-state index in [0.29, 0.717) is 31.0 Å². The Morgan fingerprint density at radius 2 is 2.00 bits per heavy atom. The lowest BCUT2D eigenvalue weighted by atomic mass is 9.57. The first-order valence-electron chi connectivity index (χ1n) is 11.0. The van der Waals surface area contributed by atoms with Gasteiger partial charge < -0.3 is 20.3 Å². The van der Waals surface area contributed by atoms with Gasteiger partial charge in [-0.25, -0.2) is 0 Å². The Bertz CT molecular complexity index is 751. The van der Waals surface area contributed by atoms with Gasteiger partial charge in [-0.05, 0) is 30.9 Å². The van der Waals surface area contributed by atoms with Crippen LogP contribution < -0.4 is 10.6 Å². The predicted molar refractivity (Wildman–Crippen MR) is 114 cm³/mol. The number of benzene rings is 1. The molecule has 2 N–H and O–H groups in total. The molecule has 158 valence electrons. The standard InChI is InChI=1S/C23H34N4O2/c1-4-24-22(26-20-18-11-13-29-21(18)23(20,2)3)25-12-7-10-19(28)27-14-16-8-5-6-9-17(16)15-27/h5-6,8-9,18,20-21H,4,7,10-15H2,1-3H3,(H2,24,25,26). The van der Waals surface area contributed by atoms with Gasteiger partial charge in [-0.1, -0.05) is 38.1 Å². The minimum atomic E-state index is 0.123. The first-order chi connectivity index (χ1) is 14.0. The van der Waals surface area contributed by atoms with Crippen LogP contribution in [-0.2, 0) is 22.6 Å². The van der Waals surface area contributed by atoms with Crippen LogP contribution in [0.3, 0.4) is 0 Å². The predicted octanol–water partition coefficient (Wildman–Crippen LogP) is 2.68. The van der Waals surface area contributed by atoms with E-state index in [-0.39, 0.29) is 11.3 Å². The van der Waals surface area contributed by atoms with Crippen LogP contribution in [0.4, 0.5) is 0 Å². The first kappa shape index (κ1) is 20.2. The molecule has 1 amide bonds. The third kappa shape index (κ3) is 4.00. The average molecular weight is 399 g/mol. The number of ether oxygens (including phenoxy) is 1. The molecular weight excluding hydrogens is 364 g/mol. The summed E-state index contributed by atoms with van der Waals surface area (Å²) >= 11 is 0. The largest absolute Gasteiger partial charge is 0.377 e. The zero-order chi connectivity index (χ0) is 20.4. The molecule has 0 spiro atoms. The Hall–Kier alpha value is -2.08. The van der Waals surface area contributed by atoms with Crippen molar-refractivity contribution in [1.82, 2.24) is 15.5 Å². The molecular formula is C23H34N4O2. The number of amides is 1. The van der Waals surface area contributed by atoms with Crippen molar-refractivity contribution in [1.29, 1.82) is 0 Å². The number of fused-ring (bicyclic) bond motifs is 2. The molecule has 1 saturated carbocycles. The number of nitrogens with one attached hydrogen (secondary N) is 2. The maximum atomic E-state index is 12.6. The topological polar surface area (TPSA) is 66.0 Å². The number of carbonyl (C=O) groups is 1. The maximum Gasteiger partial charge on any atom is 0.223 e. The summed E-state index contributed by atoms with van der Waals surface area (Å²) in [4.78, 5) is 19.2. The summed E-state index contributed by atoms with van der Waals surface area (Å²) in [6.45, 7) is 10.5. The van der Waals surface area contributed by atoms with E-state index >= 15 is 0 Å². The van der Waals surface area contributed by atoms with Crippen molar-refractivity contribution in [3.63, 3.8) is 0 Å². The summed E-state index contributed by atoms with van der Waals surface area (Å²) in [5.41, 5.74) is 2.67. The van der Waals surface area contributed by atoms with Crippen LogP contribution in [0.15, 0.2) is 29.3 Å². The van der Waals surface area contributed by atoms with Crippen LogP contribution in [0.5, 0.6) is 0 Å². The number of guanidine groups is 1. The first-order valence-corrected chi connectivity index (χ1v) is 11.0. The molecule has 0 aromatic heterocycles. The summed E-state index contributed by atoms with van der Waals surface area (Å²) in [6.07, 6.45) is 2.80. The normalized spacial score (nSPS) is 27.2. The smallest absolute Gasteiger partial charge is 0.223 e. The van der Waals surface area contributed by atoms with Crippen molar-refractivity contribution in [2.45, 2.75) is 65.3 Å². The minimum absolute atomic E-state index is 0.123. The number of hydrogen-bond donors (Lipinski definition) is 2. The third-order valence-corrected chi connectivity index (χ3v) is 6.75. The average Bonchev–Trinajstić information content (AvgIpc) is 3.34. The highest BCUT2D eigenvalue weighted by Gasteiger charge is 2.59. The number of carbonyl (C=O) groups excluding carboxylic acids is 1. The van der Waals surface area contributed by atoms with Gasteiger partial charge in [0, 0.05) is 56.6 Å². The molecule has 2 heterocycles. The molecule has 2 fully saturated rings. The maximum absolute atomic E-state index is 12.6. The number of nitrogens with zero attached hydrogens (tertiary/aromatic N) is 2. The Balaban J connectivity index is 1.25. The van der Waals surface area contributed by atoms with Crippen molar-refractivity contribution >= 4 is 11.9 Å². The molecule has 1 aliphatic carbocycles. The zero-order valence-corrected chi connectivity index (χ0v) is 17.9. The molecule has 3 aliphatic rings. The van der Waals surface area contributed by atoms with Gasteiger partial charge in [0.1, 0.15) is 0 Å². The van der Waals surface area contributed by atoms with E-state index in [1.807, 2.05) is 17.0 Å². The van der Waals surface area contributed by atoms with Gasteiger partial charge in [-0.2, -0.15) is 0 Å². The molecule has 3 unspecified atom stereocenters. The van der Waals surface area contributed by atoms with Crippen molar-refractivity contribution in [3.05, 3.63) is 35.4 Å². The van der Waals surface area contributed by atoms with Crippen molar-refractivity contribution in [3.8, 4) is 0 Å². The Morgan fingerprint density at radius 3 is 2.69 bits per heavy atom. The lowest BCUT2D eigenvalue weighted by molar-refractivity contribution is -0.131. The van der Waals surface area contributed by atoms with E-state index in [1.165, 1.54) is 11.1 Å². The molecule has 3 atom stereocenters. The summed E-state index contributed by atoms with van der Waals surface area (Å²) in [5, 5.41) is 6.99. The van der Waals surface area contributed by atoms with Crippen molar-refractivity contribution in [2.75, 3.05) is 19.7 Å². The molecule has 0 bridgehead atoms. The Morgan fingerprint density at radius 1 is 1.28 bits per heavy atom. The molecule has 29 heavy (non-hydrogen) atoms. The number of hydrogen-bond acceptors (Lipinski definition) is 3. The molecule has 1 aromatic carbocycles. The van der Waals surface area contributed by atoms with Gasteiger partial charge >= 0.3 is 0 Å². The van der Waals surface area contributed by atoms with Crippen LogP contribution in [-0.4, -0.2) is 48.6 Å². The lowest BCUT2D eigenvalue weighted by Gasteiger charge is -2.54. The summed E-state index contributed by atoms with van der Waals surface area (Å²) in [5.74, 6) is 1.66. The second kappa shape index (κ2) is 8.34. The van der Waals surface area contributed by atoms with Gasteiger partial charge in [0.15, 0.2) is 5.96 Å². The van der Waals surface area contributed by atoms with E-state index in [4.69, 9.17) is 9.73 Å². The van der Waals surface area contributed by atoms with Crippen LogP contribution in [0.1, 0.15) is 51.2 Å². The van der Waals surface area contributed by atoms with Crippen LogP contribution in [0.25, 0.3) is 0 Å². The highest BCUT2D eigenvalue weighted by atomic mass is 16.5. The highest BCUT2D eigenvalue weighted by Crippen LogP contribution is 2.52. The molecule has 0 radical (unpaired) electrons. The zero-order valence-electron chi connectivity index (χ0n) is 17.9. The highest BCUT2D eigenvalue weighted by molar-refractivity contribution is 5.80. The van der Waals surface area contributed by atoms with Gasteiger partial charge in [-0.3, -0.25) is 9.79 Å². The SMILES string of the molecule is CCNC(=NCCCC(=O)N1Cc2ccccc2C1)NC1C2CCOC2C1(C)C. The van der Waals surface area contributed by atoms with Crippen LogP contribution >= 0.6 is 0 Å². The second-order valence-electron chi connectivity index (χ2n) is 9.07. The fraction of sp³-hybridized carbons (Fsp3) is 0.652. The molecule has 1 saturated heterocycles. The number of rotatable bonds is 6. The van der Waals surface area contributed by atoms with E-state index < -0.39 is 0 Å².